The van der Waals surface area contributed by atoms with Crippen molar-refractivity contribution in [1.82, 2.24) is 0 Å². The van der Waals surface area contributed by atoms with Crippen molar-refractivity contribution in [2.45, 2.75) is 44.8 Å². The minimum absolute atomic E-state index is 0.175. The second-order valence-electron chi connectivity index (χ2n) is 5.18. The van der Waals surface area contributed by atoms with Gasteiger partial charge in [0.1, 0.15) is 5.82 Å². The molecule has 0 aromatic heterocycles. The Labute approximate surface area is 117 Å². The maximum atomic E-state index is 13.7. The molecule has 1 saturated carbocycles. The van der Waals surface area contributed by atoms with Crippen LogP contribution in [0.4, 0.5) is 4.39 Å². The Kier molecular flexibility index (Phi) is 5.19. The monoisotopic (exact) mass is 314 g/mol. The Hall–Kier alpha value is -0.410. The zero-order valence-electron chi connectivity index (χ0n) is 10.7. The molecule has 0 spiro atoms. The van der Waals surface area contributed by atoms with Crippen LogP contribution < -0.4 is 0 Å². The van der Waals surface area contributed by atoms with Gasteiger partial charge in [0, 0.05) is 10.9 Å². The average molecular weight is 315 g/mol. The number of hydrogen-bond acceptors (Lipinski definition) is 1. The molecule has 1 fully saturated rings. The van der Waals surface area contributed by atoms with E-state index in [2.05, 4.69) is 22.9 Å². The molecule has 0 N–H and O–H groups in total. The first-order valence-electron chi connectivity index (χ1n) is 6.66. The number of rotatable bonds is 4. The van der Waals surface area contributed by atoms with Gasteiger partial charge in [-0.1, -0.05) is 41.1 Å². The molecule has 0 heterocycles. The SMILES string of the molecule is CC1CCC(OC(CBr)c2ccccc2F)CC1. The molecule has 1 aromatic carbocycles. The van der Waals surface area contributed by atoms with Crippen molar-refractivity contribution in [1.29, 1.82) is 0 Å². The minimum atomic E-state index is -0.176. The third kappa shape index (κ3) is 3.55. The quantitative estimate of drug-likeness (QED) is 0.721. The van der Waals surface area contributed by atoms with Crippen LogP contribution in [-0.2, 0) is 4.74 Å². The smallest absolute Gasteiger partial charge is 0.129 e. The second-order valence-corrected chi connectivity index (χ2v) is 5.83. The lowest BCUT2D eigenvalue weighted by atomic mass is 9.89. The van der Waals surface area contributed by atoms with Crippen molar-refractivity contribution in [2.75, 3.05) is 5.33 Å². The van der Waals surface area contributed by atoms with Gasteiger partial charge in [0.15, 0.2) is 0 Å². The van der Waals surface area contributed by atoms with Gasteiger partial charge in [0.2, 0.25) is 0 Å². The molecule has 1 aliphatic carbocycles. The predicted octanol–water partition coefficient (Wildman–Crippen LogP) is 4.86. The van der Waals surface area contributed by atoms with E-state index >= 15 is 0 Å². The molecule has 2 rings (SSSR count). The highest BCUT2D eigenvalue weighted by molar-refractivity contribution is 9.09. The minimum Gasteiger partial charge on any atom is -0.369 e. The van der Waals surface area contributed by atoms with E-state index in [1.165, 1.54) is 18.9 Å². The van der Waals surface area contributed by atoms with Crippen molar-refractivity contribution >= 4 is 15.9 Å². The van der Waals surface area contributed by atoms with Gasteiger partial charge in [-0.2, -0.15) is 0 Å². The van der Waals surface area contributed by atoms with E-state index < -0.39 is 0 Å². The van der Waals surface area contributed by atoms with Crippen molar-refractivity contribution in [3.63, 3.8) is 0 Å². The molecule has 0 radical (unpaired) electrons. The number of ether oxygens (including phenoxy) is 1. The van der Waals surface area contributed by atoms with Crippen LogP contribution in [0.2, 0.25) is 0 Å². The first kappa shape index (κ1) is 14.0. The Morgan fingerprint density at radius 3 is 2.56 bits per heavy atom. The normalized spacial score (nSPS) is 25.9. The summed E-state index contributed by atoms with van der Waals surface area (Å²) < 4.78 is 19.8. The van der Waals surface area contributed by atoms with E-state index in [0.29, 0.717) is 10.9 Å². The molecule has 3 heteroatoms. The van der Waals surface area contributed by atoms with E-state index in [4.69, 9.17) is 4.74 Å². The van der Waals surface area contributed by atoms with Crippen molar-refractivity contribution < 1.29 is 9.13 Å². The molecule has 100 valence electrons. The lowest BCUT2D eigenvalue weighted by Crippen LogP contribution is -2.23. The molecule has 0 aliphatic heterocycles. The molecule has 1 unspecified atom stereocenters. The summed E-state index contributed by atoms with van der Waals surface area (Å²) in [5.41, 5.74) is 0.660. The number of hydrogen-bond donors (Lipinski definition) is 0. The summed E-state index contributed by atoms with van der Waals surface area (Å²) in [6.07, 6.45) is 4.74. The summed E-state index contributed by atoms with van der Waals surface area (Å²) in [6.45, 7) is 2.29. The van der Waals surface area contributed by atoms with Crippen LogP contribution in [-0.4, -0.2) is 11.4 Å². The summed E-state index contributed by atoms with van der Waals surface area (Å²) in [4.78, 5) is 0. The van der Waals surface area contributed by atoms with E-state index in [9.17, 15) is 4.39 Å². The Morgan fingerprint density at radius 2 is 1.94 bits per heavy atom. The topological polar surface area (TPSA) is 9.23 Å². The van der Waals surface area contributed by atoms with Gasteiger partial charge in [-0.15, -0.1) is 0 Å². The third-order valence-electron chi connectivity index (χ3n) is 3.71. The zero-order chi connectivity index (χ0) is 13.0. The Morgan fingerprint density at radius 1 is 1.28 bits per heavy atom. The Balaban J connectivity index is 1.99. The van der Waals surface area contributed by atoms with Crippen LogP contribution in [0.1, 0.15) is 44.3 Å². The van der Waals surface area contributed by atoms with Crippen LogP contribution in [0.5, 0.6) is 0 Å². The van der Waals surface area contributed by atoms with Crippen molar-refractivity contribution in [3.05, 3.63) is 35.6 Å². The van der Waals surface area contributed by atoms with Crippen LogP contribution >= 0.6 is 15.9 Å². The van der Waals surface area contributed by atoms with Crippen molar-refractivity contribution in [3.8, 4) is 0 Å². The highest BCUT2D eigenvalue weighted by Gasteiger charge is 2.23. The summed E-state index contributed by atoms with van der Waals surface area (Å²) in [6, 6.07) is 6.89. The standard InChI is InChI=1S/C15H20BrFO/c1-11-6-8-12(9-7-11)18-15(10-16)13-4-2-3-5-14(13)17/h2-5,11-12,15H,6-10H2,1H3. The fourth-order valence-electron chi connectivity index (χ4n) is 2.53. The molecule has 0 amide bonds. The van der Waals surface area contributed by atoms with Crippen LogP contribution in [0.25, 0.3) is 0 Å². The fraction of sp³-hybridized carbons (Fsp3) is 0.600. The van der Waals surface area contributed by atoms with E-state index in [1.807, 2.05) is 12.1 Å². The largest absolute Gasteiger partial charge is 0.369 e. The number of alkyl halides is 1. The number of benzene rings is 1. The van der Waals surface area contributed by atoms with Crippen LogP contribution in [0.15, 0.2) is 24.3 Å². The van der Waals surface area contributed by atoms with Gasteiger partial charge in [-0.3, -0.25) is 0 Å². The van der Waals surface area contributed by atoms with E-state index in [1.54, 1.807) is 6.07 Å². The van der Waals surface area contributed by atoms with Gasteiger partial charge in [0.25, 0.3) is 0 Å². The molecule has 1 atom stereocenters. The number of halogens is 2. The highest BCUT2D eigenvalue weighted by Crippen LogP contribution is 2.31. The third-order valence-corrected chi connectivity index (χ3v) is 4.30. The molecule has 0 saturated heterocycles. The highest BCUT2D eigenvalue weighted by atomic mass is 79.9. The molecule has 18 heavy (non-hydrogen) atoms. The maximum Gasteiger partial charge on any atom is 0.129 e. The molecule has 1 aromatic rings. The first-order chi connectivity index (χ1) is 8.70. The summed E-state index contributed by atoms with van der Waals surface area (Å²) in [7, 11) is 0. The molecule has 1 aliphatic rings. The fourth-order valence-corrected chi connectivity index (χ4v) is 3.03. The van der Waals surface area contributed by atoms with Crippen LogP contribution in [0, 0.1) is 11.7 Å². The van der Waals surface area contributed by atoms with E-state index in [-0.39, 0.29) is 18.0 Å². The molecule has 1 nitrogen and oxygen atoms in total. The van der Waals surface area contributed by atoms with Crippen molar-refractivity contribution in [2.24, 2.45) is 5.92 Å². The van der Waals surface area contributed by atoms with Gasteiger partial charge >= 0.3 is 0 Å². The lowest BCUT2D eigenvalue weighted by Gasteiger charge is -2.29. The first-order valence-corrected chi connectivity index (χ1v) is 7.78. The Bertz CT molecular complexity index is 375. The lowest BCUT2D eigenvalue weighted by molar-refractivity contribution is -0.0269. The van der Waals surface area contributed by atoms with E-state index in [0.717, 1.165) is 18.8 Å². The van der Waals surface area contributed by atoms with Gasteiger partial charge in [-0.25, -0.2) is 4.39 Å². The maximum absolute atomic E-state index is 13.7. The van der Waals surface area contributed by atoms with Gasteiger partial charge in [-0.05, 0) is 37.7 Å². The predicted molar refractivity (Wildman–Crippen MR) is 75.4 cm³/mol. The summed E-state index contributed by atoms with van der Waals surface area (Å²) >= 11 is 3.43. The zero-order valence-corrected chi connectivity index (χ0v) is 12.3. The molecular weight excluding hydrogens is 295 g/mol. The summed E-state index contributed by atoms with van der Waals surface area (Å²) in [5, 5.41) is 0.639. The molecular formula is C15H20BrFO. The van der Waals surface area contributed by atoms with Gasteiger partial charge in [0.05, 0.1) is 12.2 Å². The second kappa shape index (κ2) is 6.67. The summed E-state index contributed by atoms with van der Waals surface area (Å²) in [5.74, 6) is 0.631. The average Bonchev–Trinajstić information content (AvgIpc) is 2.39. The van der Waals surface area contributed by atoms with Crippen LogP contribution in [0.3, 0.4) is 0 Å². The molecule has 0 bridgehead atoms. The van der Waals surface area contributed by atoms with Gasteiger partial charge < -0.3 is 4.74 Å².